The smallest absolute Gasteiger partial charge is 0.191 e. The number of benzene rings is 2. The number of rotatable bonds is 6. The highest BCUT2D eigenvalue weighted by molar-refractivity contribution is 7.99. The number of aryl methyl sites for hydroxylation is 1. The van der Waals surface area contributed by atoms with E-state index in [1.54, 1.807) is 18.9 Å². The van der Waals surface area contributed by atoms with Crippen LogP contribution in [-0.4, -0.2) is 39.1 Å². The number of fused-ring (bicyclic) bond motifs is 3. The monoisotopic (exact) mass is 366 g/mol. The van der Waals surface area contributed by atoms with Gasteiger partial charge < -0.3 is 9.47 Å². The van der Waals surface area contributed by atoms with Crippen molar-refractivity contribution < 1.29 is 9.47 Å². The van der Waals surface area contributed by atoms with Crippen molar-refractivity contribution in [1.29, 1.82) is 0 Å². The first kappa shape index (κ1) is 16.7. The van der Waals surface area contributed by atoms with Crippen molar-refractivity contribution in [1.82, 2.24) is 19.6 Å². The second-order valence-corrected chi connectivity index (χ2v) is 6.74. The lowest BCUT2D eigenvalue weighted by atomic mass is 10.2. The van der Waals surface area contributed by atoms with Gasteiger partial charge in [0.2, 0.25) is 0 Å². The number of methoxy groups -OCH3 is 1. The summed E-state index contributed by atoms with van der Waals surface area (Å²) in [4.78, 5) is 9.28. The minimum atomic E-state index is 0.570. The SMILES string of the molecule is COc1ccc(OCCSc2nc3ccccc3c3nc(C)nn23)cc1. The zero-order valence-corrected chi connectivity index (χ0v) is 15.4. The van der Waals surface area contributed by atoms with Gasteiger partial charge in [-0.15, -0.1) is 5.10 Å². The Labute approximate surface area is 155 Å². The molecular formula is C19H18N4O2S. The third-order valence-electron chi connectivity index (χ3n) is 3.90. The Morgan fingerprint density at radius 3 is 2.58 bits per heavy atom. The third-order valence-corrected chi connectivity index (χ3v) is 4.79. The van der Waals surface area contributed by atoms with Crippen LogP contribution in [0.2, 0.25) is 0 Å². The highest BCUT2D eigenvalue weighted by Crippen LogP contribution is 2.24. The standard InChI is InChI=1S/C19H18N4O2S/c1-13-20-18-16-5-3-4-6-17(16)21-19(23(18)22-13)26-12-11-25-15-9-7-14(24-2)8-10-15/h3-10H,11-12H2,1-2H3. The van der Waals surface area contributed by atoms with Crippen LogP contribution >= 0.6 is 11.8 Å². The Balaban J connectivity index is 1.49. The number of nitrogens with zero attached hydrogens (tertiary/aromatic N) is 4. The van der Waals surface area contributed by atoms with Gasteiger partial charge in [-0.25, -0.2) is 9.97 Å². The molecule has 0 saturated heterocycles. The molecule has 6 nitrogen and oxygen atoms in total. The number of aromatic nitrogens is 4. The van der Waals surface area contributed by atoms with Crippen LogP contribution in [0.4, 0.5) is 0 Å². The van der Waals surface area contributed by atoms with E-state index in [0.717, 1.165) is 44.8 Å². The van der Waals surface area contributed by atoms with Crippen molar-refractivity contribution in [2.45, 2.75) is 12.1 Å². The second kappa shape index (κ2) is 7.21. The molecule has 2 aromatic heterocycles. The molecule has 4 rings (SSSR count). The summed E-state index contributed by atoms with van der Waals surface area (Å²) >= 11 is 1.60. The van der Waals surface area contributed by atoms with E-state index in [2.05, 4.69) is 10.1 Å². The average molecular weight is 366 g/mol. The van der Waals surface area contributed by atoms with Crippen molar-refractivity contribution in [2.24, 2.45) is 0 Å². The summed E-state index contributed by atoms with van der Waals surface area (Å²) in [6.07, 6.45) is 0. The van der Waals surface area contributed by atoms with Gasteiger partial charge >= 0.3 is 0 Å². The van der Waals surface area contributed by atoms with Crippen molar-refractivity contribution in [3.63, 3.8) is 0 Å². The molecule has 7 heteroatoms. The Kier molecular flexibility index (Phi) is 4.62. The van der Waals surface area contributed by atoms with Crippen molar-refractivity contribution in [2.75, 3.05) is 19.5 Å². The van der Waals surface area contributed by atoms with E-state index in [-0.39, 0.29) is 0 Å². The number of hydrogen-bond acceptors (Lipinski definition) is 6. The Morgan fingerprint density at radius 2 is 1.77 bits per heavy atom. The third kappa shape index (κ3) is 3.30. The van der Waals surface area contributed by atoms with Gasteiger partial charge in [0.25, 0.3) is 0 Å². The maximum Gasteiger partial charge on any atom is 0.191 e. The summed E-state index contributed by atoms with van der Waals surface area (Å²) in [5.41, 5.74) is 1.76. The van der Waals surface area contributed by atoms with Gasteiger partial charge in [0.15, 0.2) is 10.8 Å². The first-order valence-electron chi connectivity index (χ1n) is 8.26. The number of para-hydroxylation sites is 1. The molecule has 0 amide bonds. The normalized spacial score (nSPS) is 11.2. The molecule has 0 aliphatic rings. The van der Waals surface area contributed by atoms with Crippen LogP contribution in [0.3, 0.4) is 0 Å². The Morgan fingerprint density at radius 1 is 1.00 bits per heavy atom. The van der Waals surface area contributed by atoms with Crippen LogP contribution in [0.1, 0.15) is 5.82 Å². The van der Waals surface area contributed by atoms with Crippen molar-refractivity contribution in [3.8, 4) is 11.5 Å². The van der Waals surface area contributed by atoms with E-state index in [9.17, 15) is 0 Å². The van der Waals surface area contributed by atoms with Crippen LogP contribution in [0.25, 0.3) is 16.6 Å². The topological polar surface area (TPSA) is 61.5 Å². The fraction of sp³-hybridized carbons (Fsp3) is 0.211. The predicted octanol–water partition coefficient (Wildman–Crippen LogP) is 3.77. The fourth-order valence-corrected chi connectivity index (χ4v) is 3.45. The van der Waals surface area contributed by atoms with Gasteiger partial charge in [-0.2, -0.15) is 4.52 Å². The first-order valence-corrected chi connectivity index (χ1v) is 9.25. The summed E-state index contributed by atoms with van der Waals surface area (Å²) in [5.74, 6) is 3.13. The van der Waals surface area contributed by atoms with Gasteiger partial charge in [-0.05, 0) is 43.3 Å². The summed E-state index contributed by atoms with van der Waals surface area (Å²) in [6, 6.07) is 15.6. The molecule has 2 aromatic carbocycles. The fourth-order valence-electron chi connectivity index (χ4n) is 2.69. The maximum absolute atomic E-state index is 5.78. The molecule has 4 aromatic rings. The lowest BCUT2D eigenvalue weighted by molar-refractivity contribution is 0.342. The quantitative estimate of drug-likeness (QED) is 0.294. The largest absolute Gasteiger partial charge is 0.497 e. The molecule has 0 aliphatic heterocycles. The Bertz CT molecular complexity index is 1050. The molecule has 0 aliphatic carbocycles. The van der Waals surface area contributed by atoms with E-state index < -0.39 is 0 Å². The summed E-state index contributed by atoms with van der Waals surface area (Å²) in [7, 11) is 1.65. The molecule has 0 atom stereocenters. The lowest BCUT2D eigenvalue weighted by Crippen LogP contribution is -2.03. The summed E-state index contributed by atoms with van der Waals surface area (Å²) in [5, 5.41) is 6.31. The van der Waals surface area contributed by atoms with Crippen LogP contribution in [0, 0.1) is 6.92 Å². The van der Waals surface area contributed by atoms with E-state index in [0.29, 0.717) is 6.61 Å². The van der Waals surface area contributed by atoms with Gasteiger partial charge in [0.05, 0.1) is 19.2 Å². The van der Waals surface area contributed by atoms with Gasteiger partial charge in [-0.1, -0.05) is 23.9 Å². The van der Waals surface area contributed by atoms with E-state index in [1.165, 1.54) is 0 Å². The van der Waals surface area contributed by atoms with Gasteiger partial charge in [0, 0.05) is 11.1 Å². The zero-order valence-electron chi connectivity index (χ0n) is 14.5. The van der Waals surface area contributed by atoms with E-state index >= 15 is 0 Å². The lowest BCUT2D eigenvalue weighted by Gasteiger charge is -2.08. The molecule has 0 bridgehead atoms. The molecule has 0 radical (unpaired) electrons. The molecular weight excluding hydrogens is 348 g/mol. The zero-order chi connectivity index (χ0) is 17.9. The highest BCUT2D eigenvalue weighted by atomic mass is 32.2. The van der Waals surface area contributed by atoms with Crippen LogP contribution in [0.15, 0.2) is 53.7 Å². The van der Waals surface area contributed by atoms with E-state index in [1.807, 2.05) is 60.0 Å². The molecule has 2 heterocycles. The molecule has 0 N–H and O–H groups in total. The summed E-state index contributed by atoms with van der Waals surface area (Å²) < 4.78 is 12.7. The first-order chi connectivity index (χ1) is 12.7. The molecule has 26 heavy (non-hydrogen) atoms. The number of thioether (sulfide) groups is 1. The van der Waals surface area contributed by atoms with Crippen molar-refractivity contribution in [3.05, 3.63) is 54.4 Å². The molecule has 0 spiro atoms. The van der Waals surface area contributed by atoms with Gasteiger partial charge in [-0.3, -0.25) is 0 Å². The summed E-state index contributed by atoms with van der Waals surface area (Å²) in [6.45, 7) is 2.46. The minimum Gasteiger partial charge on any atom is -0.497 e. The van der Waals surface area contributed by atoms with E-state index in [4.69, 9.17) is 14.5 Å². The highest BCUT2D eigenvalue weighted by Gasteiger charge is 2.12. The average Bonchev–Trinajstić information content (AvgIpc) is 3.07. The van der Waals surface area contributed by atoms with Crippen LogP contribution in [-0.2, 0) is 0 Å². The Hall–Kier alpha value is -2.80. The molecule has 0 fully saturated rings. The number of ether oxygens (including phenoxy) is 2. The molecule has 132 valence electrons. The van der Waals surface area contributed by atoms with Crippen molar-refractivity contribution >= 4 is 28.3 Å². The van der Waals surface area contributed by atoms with Gasteiger partial charge in [0.1, 0.15) is 17.3 Å². The number of hydrogen-bond donors (Lipinski definition) is 0. The van der Waals surface area contributed by atoms with Crippen LogP contribution in [0.5, 0.6) is 11.5 Å². The second-order valence-electron chi connectivity index (χ2n) is 5.68. The maximum atomic E-state index is 5.78. The van der Waals surface area contributed by atoms with Crippen LogP contribution < -0.4 is 9.47 Å². The predicted molar refractivity (Wildman–Crippen MR) is 102 cm³/mol. The molecule has 0 saturated carbocycles. The molecule has 0 unspecified atom stereocenters. The minimum absolute atomic E-state index is 0.570.